The summed E-state index contributed by atoms with van der Waals surface area (Å²) in [6, 6.07) is 20.1. The number of rotatable bonds is 9. The third kappa shape index (κ3) is 5.40. The Balaban J connectivity index is 1.35. The number of nitrogens with zero attached hydrogens (tertiary/aromatic N) is 3. The van der Waals surface area contributed by atoms with Crippen molar-refractivity contribution in [3.05, 3.63) is 106 Å². The Hall–Kier alpha value is -4.67. The molecule has 0 radical (unpaired) electrons. The van der Waals surface area contributed by atoms with Crippen molar-refractivity contribution in [1.82, 2.24) is 14.3 Å². The summed E-state index contributed by atoms with van der Waals surface area (Å²) in [5.74, 6) is 0.255. The zero-order valence-electron chi connectivity index (χ0n) is 22.2. The van der Waals surface area contributed by atoms with Crippen LogP contribution in [0.4, 0.5) is 10.1 Å². The van der Waals surface area contributed by atoms with Crippen molar-refractivity contribution in [2.24, 2.45) is 7.05 Å². The standard InChI is InChI=1S/C30H29FN4O5/c1-18(36)17-39-22-10-11-23-25(16-22)32-14-13-26(23)40-27-12-9-20(15-24(27)31)33-29(37)28-19(2)34(3)35(30(28)38)21-7-5-4-6-8-21/h4-16,18,29,33,36-37H,17H2,1-3H3. The molecule has 3 N–H and O–H groups in total. The lowest BCUT2D eigenvalue weighted by Crippen LogP contribution is -2.24. The summed E-state index contributed by atoms with van der Waals surface area (Å²) in [5, 5.41) is 23.8. The van der Waals surface area contributed by atoms with Crippen molar-refractivity contribution < 1.29 is 24.1 Å². The van der Waals surface area contributed by atoms with Crippen LogP contribution in [0.3, 0.4) is 0 Å². The Labute approximate surface area is 229 Å². The van der Waals surface area contributed by atoms with Gasteiger partial charge in [-0.3, -0.25) is 14.5 Å². The summed E-state index contributed by atoms with van der Waals surface area (Å²) in [4.78, 5) is 17.5. The van der Waals surface area contributed by atoms with E-state index in [0.29, 0.717) is 33.8 Å². The first kappa shape index (κ1) is 26.9. The number of fused-ring (bicyclic) bond motifs is 1. The molecule has 10 heteroatoms. The molecule has 5 aromatic rings. The van der Waals surface area contributed by atoms with Crippen molar-refractivity contribution in [3.8, 4) is 22.9 Å². The number of hydrogen-bond acceptors (Lipinski definition) is 7. The SMILES string of the molecule is Cc1c(C(O)Nc2ccc(Oc3ccnc4cc(OCC(C)O)ccc34)c(F)c2)c(=O)n(-c2ccccc2)n1C. The molecular formula is C30H29FN4O5. The molecule has 0 spiro atoms. The minimum Gasteiger partial charge on any atom is -0.491 e. The highest BCUT2D eigenvalue weighted by molar-refractivity contribution is 5.86. The number of aliphatic hydroxyl groups is 2. The fourth-order valence-corrected chi connectivity index (χ4v) is 4.42. The molecule has 0 aliphatic carbocycles. The number of benzene rings is 3. The highest BCUT2D eigenvalue weighted by Crippen LogP contribution is 2.33. The first-order valence-electron chi connectivity index (χ1n) is 12.7. The van der Waals surface area contributed by atoms with Gasteiger partial charge in [-0.25, -0.2) is 9.07 Å². The highest BCUT2D eigenvalue weighted by atomic mass is 19.1. The lowest BCUT2D eigenvalue weighted by Gasteiger charge is -2.15. The largest absolute Gasteiger partial charge is 0.491 e. The molecule has 206 valence electrons. The van der Waals surface area contributed by atoms with Crippen LogP contribution in [0, 0.1) is 12.7 Å². The molecule has 2 aromatic heterocycles. The molecule has 9 nitrogen and oxygen atoms in total. The van der Waals surface area contributed by atoms with Gasteiger partial charge in [0.2, 0.25) is 0 Å². The molecule has 0 aliphatic heterocycles. The van der Waals surface area contributed by atoms with E-state index in [-0.39, 0.29) is 29.2 Å². The number of nitrogens with one attached hydrogen (secondary N) is 1. The van der Waals surface area contributed by atoms with Gasteiger partial charge in [-0.15, -0.1) is 0 Å². The molecule has 0 fully saturated rings. The van der Waals surface area contributed by atoms with E-state index in [9.17, 15) is 15.0 Å². The van der Waals surface area contributed by atoms with Gasteiger partial charge >= 0.3 is 0 Å². The second kappa shape index (κ2) is 11.2. The number of halogens is 1. The number of hydrogen-bond donors (Lipinski definition) is 3. The second-order valence-electron chi connectivity index (χ2n) is 9.42. The van der Waals surface area contributed by atoms with Crippen LogP contribution in [0.5, 0.6) is 17.2 Å². The lowest BCUT2D eigenvalue weighted by molar-refractivity contribution is 0.123. The first-order chi connectivity index (χ1) is 19.2. The molecule has 0 saturated carbocycles. The number of aliphatic hydroxyl groups excluding tert-OH is 2. The van der Waals surface area contributed by atoms with E-state index in [0.717, 1.165) is 0 Å². The molecule has 0 aliphatic rings. The molecule has 0 saturated heterocycles. The predicted molar refractivity (Wildman–Crippen MR) is 150 cm³/mol. The second-order valence-corrected chi connectivity index (χ2v) is 9.42. The Morgan fingerprint density at radius 2 is 1.80 bits per heavy atom. The topological polar surface area (TPSA) is 111 Å². The van der Waals surface area contributed by atoms with Crippen molar-refractivity contribution in [2.45, 2.75) is 26.2 Å². The van der Waals surface area contributed by atoms with Crippen LogP contribution in [-0.2, 0) is 7.05 Å². The molecular weight excluding hydrogens is 515 g/mol. The number of pyridine rings is 1. The van der Waals surface area contributed by atoms with Crippen LogP contribution in [-0.4, -0.2) is 37.3 Å². The Bertz CT molecular complexity index is 1720. The van der Waals surface area contributed by atoms with Crippen molar-refractivity contribution in [1.29, 1.82) is 0 Å². The Kier molecular flexibility index (Phi) is 7.54. The third-order valence-corrected chi connectivity index (χ3v) is 6.49. The van der Waals surface area contributed by atoms with Crippen molar-refractivity contribution in [2.75, 3.05) is 11.9 Å². The summed E-state index contributed by atoms with van der Waals surface area (Å²) in [5.41, 5.74) is 1.87. The quantitative estimate of drug-likeness (QED) is 0.228. The first-order valence-corrected chi connectivity index (χ1v) is 12.7. The Morgan fingerprint density at radius 1 is 1.02 bits per heavy atom. The molecule has 40 heavy (non-hydrogen) atoms. The average molecular weight is 545 g/mol. The maximum atomic E-state index is 15.1. The average Bonchev–Trinajstić information content (AvgIpc) is 3.16. The van der Waals surface area contributed by atoms with E-state index in [1.54, 1.807) is 74.2 Å². The Morgan fingerprint density at radius 3 is 2.52 bits per heavy atom. The maximum Gasteiger partial charge on any atom is 0.279 e. The van der Waals surface area contributed by atoms with Crippen LogP contribution >= 0.6 is 0 Å². The van der Waals surface area contributed by atoms with Gasteiger partial charge in [-0.05, 0) is 56.3 Å². The monoisotopic (exact) mass is 544 g/mol. The molecule has 5 rings (SSSR count). The van der Waals surface area contributed by atoms with Gasteiger partial charge in [-0.2, -0.15) is 0 Å². The van der Waals surface area contributed by atoms with Gasteiger partial charge in [0.25, 0.3) is 5.56 Å². The van der Waals surface area contributed by atoms with Crippen molar-refractivity contribution >= 4 is 16.6 Å². The number of ether oxygens (including phenoxy) is 2. The molecule has 2 unspecified atom stereocenters. The van der Waals surface area contributed by atoms with Crippen LogP contribution in [0.25, 0.3) is 16.6 Å². The van der Waals surface area contributed by atoms with Gasteiger partial charge in [0.05, 0.1) is 22.9 Å². The number of anilines is 1. The van der Waals surface area contributed by atoms with E-state index >= 15 is 4.39 Å². The van der Waals surface area contributed by atoms with E-state index in [2.05, 4.69) is 10.3 Å². The predicted octanol–water partition coefficient (Wildman–Crippen LogP) is 4.83. The van der Waals surface area contributed by atoms with Gasteiger partial charge in [0, 0.05) is 42.1 Å². The number of aromatic nitrogens is 3. The summed E-state index contributed by atoms with van der Waals surface area (Å²) >= 11 is 0. The van der Waals surface area contributed by atoms with Crippen LogP contribution in [0.15, 0.2) is 83.8 Å². The molecule has 2 heterocycles. The summed E-state index contributed by atoms with van der Waals surface area (Å²) in [6.07, 6.45) is -0.432. The van der Waals surface area contributed by atoms with E-state index in [1.807, 2.05) is 18.2 Å². The number of para-hydroxylation sites is 1. The van der Waals surface area contributed by atoms with Crippen molar-refractivity contribution in [3.63, 3.8) is 0 Å². The molecule has 0 bridgehead atoms. The summed E-state index contributed by atoms with van der Waals surface area (Å²) in [6.45, 7) is 3.51. The molecule has 3 aromatic carbocycles. The molecule has 0 amide bonds. The van der Waals surface area contributed by atoms with E-state index < -0.39 is 18.1 Å². The zero-order chi connectivity index (χ0) is 28.4. The van der Waals surface area contributed by atoms with E-state index in [1.165, 1.54) is 16.8 Å². The normalized spacial score (nSPS) is 12.8. The minimum atomic E-state index is -1.37. The van der Waals surface area contributed by atoms with Crippen LogP contribution in [0.1, 0.15) is 24.4 Å². The fourth-order valence-electron chi connectivity index (χ4n) is 4.42. The molecule has 2 atom stereocenters. The fraction of sp³-hybridized carbons (Fsp3) is 0.200. The highest BCUT2D eigenvalue weighted by Gasteiger charge is 2.23. The minimum absolute atomic E-state index is 0.0238. The summed E-state index contributed by atoms with van der Waals surface area (Å²) < 4.78 is 29.6. The van der Waals surface area contributed by atoms with E-state index in [4.69, 9.17) is 9.47 Å². The maximum absolute atomic E-state index is 15.1. The summed E-state index contributed by atoms with van der Waals surface area (Å²) in [7, 11) is 1.73. The third-order valence-electron chi connectivity index (χ3n) is 6.49. The van der Waals surface area contributed by atoms with Crippen LogP contribution < -0.4 is 20.3 Å². The smallest absolute Gasteiger partial charge is 0.279 e. The van der Waals surface area contributed by atoms with Gasteiger partial charge in [0.15, 0.2) is 17.8 Å². The van der Waals surface area contributed by atoms with Crippen LogP contribution in [0.2, 0.25) is 0 Å². The van der Waals surface area contributed by atoms with Gasteiger partial charge in [-0.1, -0.05) is 18.2 Å². The zero-order valence-corrected chi connectivity index (χ0v) is 22.2. The van der Waals surface area contributed by atoms with Gasteiger partial charge < -0.3 is 25.0 Å². The lowest BCUT2D eigenvalue weighted by atomic mass is 10.2. The van der Waals surface area contributed by atoms with Gasteiger partial charge in [0.1, 0.15) is 18.1 Å².